The maximum Gasteiger partial charge on any atom is 0.304 e. The van der Waals surface area contributed by atoms with E-state index in [1.165, 1.54) is 17.3 Å². The van der Waals surface area contributed by atoms with Crippen LogP contribution in [0.4, 0.5) is 0 Å². The Bertz CT molecular complexity index is 761. The third kappa shape index (κ3) is 4.63. The number of hydrogen-bond acceptors (Lipinski definition) is 4. The van der Waals surface area contributed by atoms with Gasteiger partial charge in [0.15, 0.2) is 0 Å². The number of benzene rings is 2. The second kappa shape index (κ2) is 8.82. The zero-order valence-corrected chi connectivity index (χ0v) is 19.1. The predicted octanol–water partition coefficient (Wildman–Crippen LogP) is 3.88. The molecule has 0 saturated carbocycles. The summed E-state index contributed by atoms with van der Waals surface area (Å²) in [5, 5.41) is 2.43. The van der Waals surface area contributed by atoms with Gasteiger partial charge in [-0.25, -0.2) is 0 Å². The summed E-state index contributed by atoms with van der Waals surface area (Å²) in [5.41, 5.74) is 0. The van der Waals surface area contributed by atoms with Gasteiger partial charge in [0.1, 0.15) is 0 Å². The Hall–Kier alpha value is -1.95. The lowest BCUT2D eigenvalue weighted by molar-refractivity contribution is -0.174. The average molecular weight is 413 g/mol. The van der Waals surface area contributed by atoms with E-state index in [0.717, 1.165) is 0 Å². The van der Waals surface area contributed by atoms with E-state index in [9.17, 15) is 4.79 Å². The molecule has 1 saturated heterocycles. The minimum atomic E-state index is -2.59. The van der Waals surface area contributed by atoms with Crippen LogP contribution in [0, 0.1) is 5.92 Å². The number of ether oxygens (including phenoxy) is 2. The van der Waals surface area contributed by atoms with E-state index >= 15 is 0 Å². The molecule has 0 bridgehead atoms. The van der Waals surface area contributed by atoms with Crippen molar-refractivity contribution < 1.29 is 18.7 Å². The number of hydrogen-bond donors (Lipinski definition) is 0. The van der Waals surface area contributed by atoms with Gasteiger partial charge in [-0.15, -0.1) is 0 Å². The first-order valence-electron chi connectivity index (χ1n) is 10.3. The van der Waals surface area contributed by atoms with Crippen molar-refractivity contribution in [3.63, 3.8) is 0 Å². The third-order valence-electron chi connectivity index (χ3n) is 5.70. The Morgan fingerprint density at radius 3 is 2.00 bits per heavy atom. The van der Waals surface area contributed by atoms with E-state index in [0.29, 0.717) is 13.0 Å². The maximum atomic E-state index is 11.3. The van der Waals surface area contributed by atoms with Crippen LogP contribution in [0.25, 0.3) is 0 Å². The smallest absolute Gasteiger partial charge is 0.304 e. The van der Waals surface area contributed by atoms with Crippen molar-refractivity contribution in [2.24, 2.45) is 5.92 Å². The Balaban J connectivity index is 1.93. The lowest BCUT2D eigenvalue weighted by Gasteiger charge is -2.43. The first-order valence-corrected chi connectivity index (χ1v) is 12.2. The number of esters is 1. The summed E-state index contributed by atoms with van der Waals surface area (Å²) in [4.78, 5) is 11.3. The molecular weight excluding hydrogens is 380 g/mol. The fourth-order valence-electron chi connectivity index (χ4n) is 4.27. The topological polar surface area (TPSA) is 44.8 Å². The van der Waals surface area contributed by atoms with Crippen LogP contribution in [0.15, 0.2) is 60.7 Å². The van der Waals surface area contributed by atoms with E-state index in [2.05, 4.69) is 76.2 Å². The Labute approximate surface area is 175 Å². The summed E-state index contributed by atoms with van der Waals surface area (Å²) < 4.78 is 18.2. The zero-order valence-electron chi connectivity index (χ0n) is 18.1. The molecule has 1 aliphatic rings. The van der Waals surface area contributed by atoms with E-state index in [-0.39, 0.29) is 23.0 Å². The Morgan fingerprint density at radius 1 is 1.03 bits per heavy atom. The van der Waals surface area contributed by atoms with Crippen LogP contribution in [-0.4, -0.2) is 33.3 Å². The molecule has 1 fully saturated rings. The normalized spacial score (nSPS) is 22.4. The highest BCUT2D eigenvalue weighted by molar-refractivity contribution is 6.99. The van der Waals surface area contributed by atoms with Gasteiger partial charge in [0.2, 0.25) is 6.29 Å². The number of carbonyl (C=O) groups is 1. The highest BCUT2D eigenvalue weighted by Gasteiger charge is 2.51. The fraction of sp³-hybridized carbons (Fsp3) is 0.458. The largest absolute Gasteiger partial charge is 0.436 e. The summed E-state index contributed by atoms with van der Waals surface area (Å²) in [6.07, 6.45) is 0.130. The molecule has 1 aliphatic heterocycles. The number of carbonyl (C=O) groups excluding carboxylic acids is 1. The molecule has 0 aliphatic carbocycles. The van der Waals surface area contributed by atoms with Gasteiger partial charge in [-0.1, -0.05) is 88.4 Å². The van der Waals surface area contributed by atoms with Gasteiger partial charge < -0.3 is 13.9 Å². The van der Waals surface area contributed by atoms with Crippen LogP contribution < -0.4 is 10.4 Å². The Kier molecular flexibility index (Phi) is 6.61. The van der Waals surface area contributed by atoms with Gasteiger partial charge in [0, 0.05) is 13.3 Å². The monoisotopic (exact) mass is 412 g/mol. The second-order valence-corrected chi connectivity index (χ2v) is 13.2. The molecule has 29 heavy (non-hydrogen) atoms. The van der Waals surface area contributed by atoms with Gasteiger partial charge in [0.05, 0.1) is 12.7 Å². The third-order valence-corrected chi connectivity index (χ3v) is 10.7. The average Bonchev–Trinajstić information content (AvgIpc) is 3.01. The van der Waals surface area contributed by atoms with Gasteiger partial charge in [0.25, 0.3) is 8.32 Å². The predicted molar refractivity (Wildman–Crippen MR) is 118 cm³/mol. The minimum absolute atomic E-state index is 0.0766. The summed E-state index contributed by atoms with van der Waals surface area (Å²) in [6.45, 7) is 10.8. The van der Waals surface area contributed by atoms with Crippen LogP contribution in [-0.2, 0) is 18.7 Å². The summed E-state index contributed by atoms with van der Waals surface area (Å²) >= 11 is 0. The molecular formula is C24H32O4Si. The van der Waals surface area contributed by atoms with Crippen molar-refractivity contribution in [3.05, 3.63) is 60.7 Å². The molecule has 0 aromatic heterocycles. The van der Waals surface area contributed by atoms with Crippen molar-refractivity contribution in [1.29, 1.82) is 0 Å². The van der Waals surface area contributed by atoms with E-state index in [1.807, 2.05) is 12.1 Å². The van der Waals surface area contributed by atoms with Gasteiger partial charge in [-0.3, -0.25) is 4.79 Å². The maximum absolute atomic E-state index is 11.3. The number of rotatable bonds is 6. The quantitative estimate of drug-likeness (QED) is 0.534. The lowest BCUT2D eigenvalue weighted by atomic mass is 10.1. The SMILES string of the molecule is CC(=O)O[C@@H]1C[C@H](C)[C@@H](CO[Si](c2ccccc2)(c2ccccc2)C(C)(C)C)O1. The van der Waals surface area contributed by atoms with Crippen molar-refractivity contribution >= 4 is 24.7 Å². The van der Waals surface area contributed by atoms with Crippen LogP contribution in [0.5, 0.6) is 0 Å². The molecule has 0 spiro atoms. The first-order chi connectivity index (χ1) is 13.7. The molecule has 5 heteroatoms. The molecule has 2 aromatic carbocycles. The molecule has 0 unspecified atom stereocenters. The summed E-state index contributed by atoms with van der Waals surface area (Å²) in [6, 6.07) is 21.2. The molecule has 1 heterocycles. The van der Waals surface area contributed by atoms with Crippen LogP contribution >= 0.6 is 0 Å². The highest BCUT2D eigenvalue weighted by atomic mass is 28.4. The van der Waals surface area contributed by atoms with E-state index < -0.39 is 14.6 Å². The molecule has 0 radical (unpaired) electrons. The molecule has 0 amide bonds. The Morgan fingerprint density at radius 2 is 1.55 bits per heavy atom. The second-order valence-electron chi connectivity index (χ2n) is 8.90. The van der Waals surface area contributed by atoms with Crippen molar-refractivity contribution in [2.75, 3.05) is 6.61 Å². The van der Waals surface area contributed by atoms with Crippen molar-refractivity contribution in [2.45, 2.75) is 58.5 Å². The minimum Gasteiger partial charge on any atom is -0.436 e. The van der Waals surface area contributed by atoms with Crippen molar-refractivity contribution in [1.82, 2.24) is 0 Å². The molecule has 0 N–H and O–H groups in total. The zero-order chi connectivity index (χ0) is 21.1. The standard InChI is InChI=1S/C24H32O4Si/c1-18-16-23(27-19(2)25)28-22(18)17-26-29(24(3,4)5,20-12-8-6-9-13-20)21-14-10-7-11-15-21/h6-15,18,22-23H,16-17H2,1-5H3/t18-,22+,23-/m0/s1. The molecule has 2 aromatic rings. The van der Waals surface area contributed by atoms with Gasteiger partial charge in [-0.2, -0.15) is 0 Å². The van der Waals surface area contributed by atoms with Crippen LogP contribution in [0.2, 0.25) is 5.04 Å². The summed E-state index contributed by atoms with van der Waals surface area (Å²) in [7, 11) is -2.59. The molecule has 156 valence electrons. The van der Waals surface area contributed by atoms with Gasteiger partial charge in [-0.05, 0) is 21.3 Å². The molecule has 4 nitrogen and oxygen atoms in total. The van der Waals surface area contributed by atoms with E-state index in [1.54, 1.807) is 0 Å². The molecule has 3 atom stereocenters. The first kappa shape index (κ1) is 21.7. The highest BCUT2D eigenvalue weighted by Crippen LogP contribution is 2.38. The fourth-order valence-corrected chi connectivity index (χ4v) is 8.84. The van der Waals surface area contributed by atoms with Crippen LogP contribution in [0.3, 0.4) is 0 Å². The molecule has 3 rings (SSSR count). The van der Waals surface area contributed by atoms with Gasteiger partial charge >= 0.3 is 5.97 Å². The summed E-state index contributed by atoms with van der Waals surface area (Å²) in [5.74, 6) is -0.0479. The lowest BCUT2D eigenvalue weighted by Crippen LogP contribution is -2.67. The van der Waals surface area contributed by atoms with Crippen LogP contribution in [0.1, 0.15) is 41.0 Å². The van der Waals surface area contributed by atoms with Crippen molar-refractivity contribution in [3.8, 4) is 0 Å². The van der Waals surface area contributed by atoms with E-state index in [4.69, 9.17) is 13.9 Å².